The van der Waals surface area contributed by atoms with Gasteiger partial charge in [0.1, 0.15) is 0 Å². The third kappa shape index (κ3) is 2.89. The van der Waals surface area contributed by atoms with E-state index in [-0.39, 0.29) is 13.1 Å². The topological polar surface area (TPSA) is 20.3 Å². The number of amides is 1. The third-order valence-electron chi connectivity index (χ3n) is 2.55. The van der Waals surface area contributed by atoms with Crippen LogP contribution in [0.15, 0.2) is 0 Å². The number of carbonyl (C=O) groups is 1. The van der Waals surface area contributed by atoms with E-state index in [1.165, 1.54) is 0 Å². The molecule has 1 fully saturated rings. The lowest BCUT2D eigenvalue weighted by Crippen LogP contribution is -2.41. The maximum Gasteiger partial charge on any atom is 0.471 e. The molecule has 0 aliphatic carbocycles. The van der Waals surface area contributed by atoms with E-state index in [0.29, 0.717) is 18.8 Å². The maximum absolute atomic E-state index is 12.1. The van der Waals surface area contributed by atoms with E-state index in [4.69, 9.17) is 0 Å². The van der Waals surface area contributed by atoms with Crippen molar-refractivity contribution in [3.63, 3.8) is 0 Å². The molecule has 0 N–H and O–H groups in total. The molecule has 1 aliphatic rings. The van der Waals surface area contributed by atoms with Crippen LogP contribution in [0.3, 0.4) is 0 Å². The van der Waals surface area contributed by atoms with Crippen LogP contribution in [0.1, 0.15) is 26.2 Å². The van der Waals surface area contributed by atoms with E-state index in [1.807, 2.05) is 6.92 Å². The normalized spacial score (nSPS) is 24.6. The second-order valence-electron chi connectivity index (χ2n) is 3.83. The number of alkyl halides is 3. The number of hydrogen-bond donors (Lipinski definition) is 0. The van der Waals surface area contributed by atoms with Gasteiger partial charge in [-0.25, -0.2) is 0 Å². The second kappa shape index (κ2) is 4.19. The van der Waals surface area contributed by atoms with Crippen LogP contribution in [0.4, 0.5) is 13.2 Å². The Morgan fingerprint density at radius 3 is 2.50 bits per heavy atom. The van der Waals surface area contributed by atoms with Crippen LogP contribution in [0.25, 0.3) is 0 Å². The number of halogens is 3. The van der Waals surface area contributed by atoms with Crippen molar-refractivity contribution in [2.75, 3.05) is 13.1 Å². The Labute approximate surface area is 81.1 Å². The van der Waals surface area contributed by atoms with Gasteiger partial charge in [0.15, 0.2) is 0 Å². The molecule has 5 heteroatoms. The van der Waals surface area contributed by atoms with Crippen molar-refractivity contribution in [3.8, 4) is 0 Å². The Kier molecular flexibility index (Phi) is 3.39. The molecule has 82 valence electrons. The van der Waals surface area contributed by atoms with Crippen LogP contribution in [0.2, 0.25) is 0 Å². The summed E-state index contributed by atoms with van der Waals surface area (Å²) < 4.78 is 36.2. The SMILES string of the molecule is CC1CCCN(C(=O)C(F)(F)F)CC1. The zero-order valence-electron chi connectivity index (χ0n) is 8.10. The largest absolute Gasteiger partial charge is 0.471 e. The van der Waals surface area contributed by atoms with Gasteiger partial charge in [0.25, 0.3) is 0 Å². The van der Waals surface area contributed by atoms with Gasteiger partial charge in [-0.1, -0.05) is 6.92 Å². The monoisotopic (exact) mass is 209 g/mol. The number of likely N-dealkylation sites (tertiary alicyclic amines) is 1. The average molecular weight is 209 g/mol. The van der Waals surface area contributed by atoms with Crippen LogP contribution >= 0.6 is 0 Å². The van der Waals surface area contributed by atoms with Crippen LogP contribution in [-0.4, -0.2) is 30.1 Å². The van der Waals surface area contributed by atoms with Crippen LogP contribution < -0.4 is 0 Å². The number of rotatable bonds is 0. The second-order valence-corrected chi connectivity index (χ2v) is 3.83. The fourth-order valence-corrected chi connectivity index (χ4v) is 1.65. The van der Waals surface area contributed by atoms with E-state index in [1.54, 1.807) is 0 Å². The Morgan fingerprint density at radius 2 is 1.93 bits per heavy atom. The quantitative estimate of drug-likeness (QED) is 0.599. The van der Waals surface area contributed by atoms with Gasteiger partial charge in [0, 0.05) is 13.1 Å². The zero-order chi connectivity index (χ0) is 10.8. The number of hydrogen-bond acceptors (Lipinski definition) is 1. The van der Waals surface area contributed by atoms with Gasteiger partial charge in [-0.2, -0.15) is 13.2 Å². The maximum atomic E-state index is 12.1. The van der Waals surface area contributed by atoms with Crippen LogP contribution in [0, 0.1) is 5.92 Å². The molecule has 0 radical (unpaired) electrons. The van der Waals surface area contributed by atoms with Crippen molar-refractivity contribution in [3.05, 3.63) is 0 Å². The zero-order valence-corrected chi connectivity index (χ0v) is 8.10. The first-order chi connectivity index (χ1) is 6.41. The van der Waals surface area contributed by atoms with Crippen molar-refractivity contribution in [2.24, 2.45) is 5.92 Å². The van der Waals surface area contributed by atoms with Gasteiger partial charge < -0.3 is 4.90 Å². The van der Waals surface area contributed by atoms with Gasteiger partial charge in [0.05, 0.1) is 0 Å². The summed E-state index contributed by atoms with van der Waals surface area (Å²) in [5, 5.41) is 0. The van der Waals surface area contributed by atoms with E-state index in [2.05, 4.69) is 0 Å². The van der Waals surface area contributed by atoms with Gasteiger partial charge in [-0.3, -0.25) is 4.79 Å². The summed E-state index contributed by atoms with van der Waals surface area (Å²) in [5.74, 6) is -1.27. The lowest BCUT2D eigenvalue weighted by Gasteiger charge is -2.21. The van der Waals surface area contributed by atoms with Gasteiger partial charge >= 0.3 is 12.1 Å². The van der Waals surface area contributed by atoms with Crippen molar-refractivity contribution in [2.45, 2.75) is 32.4 Å². The first kappa shape index (κ1) is 11.3. The molecule has 1 amide bonds. The highest BCUT2D eigenvalue weighted by molar-refractivity contribution is 5.81. The van der Waals surface area contributed by atoms with Crippen molar-refractivity contribution in [1.29, 1.82) is 0 Å². The molecule has 0 aromatic heterocycles. The summed E-state index contributed by atoms with van der Waals surface area (Å²) in [6.45, 7) is 2.48. The van der Waals surface area contributed by atoms with E-state index < -0.39 is 12.1 Å². The fraction of sp³-hybridized carbons (Fsp3) is 0.889. The summed E-state index contributed by atoms with van der Waals surface area (Å²) in [6, 6.07) is 0. The molecular weight excluding hydrogens is 195 g/mol. The Hall–Kier alpha value is -0.740. The molecule has 1 atom stereocenters. The molecule has 0 aromatic rings. The highest BCUT2D eigenvalue weighted by Crippen LogP contribution is 2.22. The molecule has 1 unspecified atom stereocenters. The summed E-state index contributed by atoms with van der Waals surface area (Å²) in [4.78, 5) is 11.8. The van der Waals surface area contributed by atoms with E-state index in [9.17, 15) is 18.0 Å². The molecule has 0 spiro atoms. The highest BCUT2D eigenvalue weighted by atomic mass is 19.4. The molecule has 1 aliphatic heterocycles. The Bertz CT molecular complexity index is 215. The number of nitrogens with zero attached hydrogens (tertiary/aromatic N) is 1. The number of carbonyl (C=O) groups excluding carboxylic acids is 1. The highest BCUT2D eigenvalue weighted by Gasteiger charge is 2.42. The predicted octanol–water partition coefficient (Wildman–Crippen LogP) is 2.20. The minimum atomic E-state index is -4.71. The Morgan fingerprint density at radius 1 is 1.29 bits per heavy atom. The summed E-state index contributed by atoms with van der Waals surface area (Å²) >= 11 is 0. The van der Waals surface area contributed by atoms with E-state index in [0.717, 1.165) is 11.3 Å². The lowest BCUT2D eigenvalue weighted by atomic mass is 10.0. The molecule has 2 nitrogen and oxygen atoms in total. The summed E-state index contributed by atoms with van der Waals surface area (Å²) in [6.07, 6.45) is -2.47. The van der Waals surface area contributed by atoms with Crippen molar-refractivity contribution >= 4 is 5.91 Å². The average Bonchev–Trinajstić information content (AvgIpc) is 2.27. The Balaban J connectivity index is 2.56. The fourth-order valence-electron chi connectivity index (χ4n) is 1.65. The molecule has 0 bridgehead atoms. The lowest BCUT2D eigenvalue weighted by molar-refractivity contribution is -0.185. The molecule has 0 aromatic carbocycles. The van der Waals surface area contributed by atoms with E-state index >= 15 is 0 Å². The summed E-state index contributed by atoms with van der Waals surface area (Å²) in [5.41, 5.74) is 0. The van der Waals surface area contributed by atoms with Gasteiger partial charge in [-0.05, 0) is 25.2 Å². The van der Waals surface area contributed by atoms with Gasteiger partial charge in [0.2, 0.25) is 0 Å². The van der Waals surface area contributed by atoms with Gasteiger partial charge in [-0.15, -0.1) is 0 Å². The van der Waals surface area contributed by atoms with Crippen LogP contribution in [-0.2, 0) is 4.79 Å². The summed E-state index contributed by atoms with van der Waals surface area (Å²) in [7, 11) is 0. The first-order valence-electron chi connectivity index (χ1n) is 4.77. The molecule has 0 saturated carbocycles. The minimum Gasteiger partial charge on any atom is -0.335 e. The van der Waals surface area contributed by atoms with Crippen molar-refractivity contribution < 1.29 is 18.0 Å². The first-order valence-corrected chi connectivity index (χ1v) is 4.77. The minimum absolute atomic E-state index is 0.236. The third-order valence-corrected chi connectivity index (χ3v) is 2.55. The van der Waals surface area contributed by atoms with Crippen LogP contribution in [0.5, 0.6) is 0 Å². The molecule has 1 heterocycles. The molecular formula is C9H14F3NO. The molecule has 1 saturated heterocycles. The smallest absolute Gasteiger partial charge is 0.335 e. The molecule has 14 heavy (non-hydrogen) atoms. The van der Waals surface area contributed by atoms with Crippen molar-refractivity contribution in [1.82, 2.24) is 4.90 Å². The standard InChI is InChI=1S/C9H14F3NO/c1-7-3-2-5-13(6-4-7)8(14)9(10,11)12/h7H,2-6H2,1H3. The predicted molar refractivity (Wildman–Crippen MR) is 45.7 cm³/mol. The molecule has 1 rings (SSSR count).